The minimum atomic E-state index is -1.20. The van der Waals surface area contributed by atoms with Gasteiger partial charge < -0.3 is 10.1 Å². The monoisotopic (exact) mass is 311 g/mol. The standard InChI is InChI=1S/C12H14ClN5O3/c1-4-21-11(20)12(2,3)14-10(19)9-16-15-8-6-5-7(13)17-18(8)9/h5-6H,4H2,1-3H3,(H,14,19). The van der Waals surface area contributed by atoms with E-state index in [4.69, 9.17) is 16.3 Å². The van der Waals surface area contributed by atoms with Crippen LogP contribution in [0.25, 0.3) is 5.65 Å². The van der Waals surface area contributed by atoms with Crippen molar-refractivity contribution < 1.29 is 14.3 Å². The van der Waals surface area contributed by atoms with Crippen molar-refractivity contribution in [3.63, 3.8) is 0 Å². The summed E-state index contributed by atoms with van der Waals surface area (Å²) in [6, 6.07) is 3.12. The number of carbonyl (C=O) groups is 2. The first kappa shape index (κ1) is 15.2. The number of ether oxygens (including phenoxy) is 1. The number of esters is 1. The molecule has 0 radical (unpaired) electrons. The van der Waals surface area contributed by atoms with Crippen LogP contribution in [0.5, 0.6) is 0 Å². The van der Waals surface area contributed by atoms with E-state index in [1.165, 1.54) is 24.4 Å². The largest absolute Gasteiger partial charge is 0.464 e. The van der Waals surface area contributed by atoms with Crippen molar-refractivity contribution in [1.29, 1.82) is 0 Å². The minimum Gasteiger partial charge on any atom is -0.464 e. The lowest BCUT2D eigenvalue weighted by atomic mass is 10.1. The van der Waals surface area contributed by atoms with E-state index >= 15 is 0 Å². The van der Waals surface area contributed by atoms with Gasteiger partial charge in [0.1, 0.15) is 10.7 Å². The molecule has 1 N–H and O–H groups in total. The van der Waals surface area contributed by atoms with Gasteiger partial charge in [-0.3, -0.25) is 4.79 Å². The van der Waals surface area contributed by atoms with Crippen molar-refractivity contribution in [2.45, 2.75) is 26.3 Å². The molecular formula is C12H14ClN5O3. The fourth-order valence-corrected chi connectivity index (χ4v) is 1.75. The van der Waals surface area contributed by atoms with Gasteiger partial charge in [0.25, 0.3) is 5.91 Å². The zero-order chi connectivity index (χ0) is 15.6. The SMILES string of the molecule is CCOC(=O)C(C)(C)NC(=O)c1nnc2ccc(Cl)nn12. The summed E-state index contributed by atoms with van der Waals surface area (Å²) in [5.41, 5.74) is -0.823. The molecule has 0 saturated heterocycles. The Kier molecular flexibility index (Phi) is 4.08. The Bertz CT molecular complexity index is 697. The molecule has 2 rings (SSSR count). The van der Waals surface area contributed by atoms with Crippen LogP contribution < -0.4 is 5.32 Å². The zero-order valence-electron chi connectivity index (χ0n) is 11.8. The highest BCUT2D eigenvalue weighted by Crippen LogP contribution is 2.10. The second kappa shape index (κ2) is 5.65. The molecule has 0 aliphatic rings. The molecule has 0 bridgehead atoms. The Morgan fingerprint density at radius 3 is 2.76 bits per heavy atom. The summed E-state index contributed by atoms with van der Waals surface area (Å²) in [6.07, 6.45) is 0. The number of amides is 1. The van der Waals surface area contributed by atoms with Crippen LogP contribution in [-0.4, -0.2) is 43.8 Å². The summed E-state index contributed by atoms with van der Waals surface area (Å²) in [5, 5.41) is 14.2. The van der Waals surface area contributed by atoms with E-state index in [1.807, 2.05) is 0 Å². The fourth-order valence-electron chi connectivity index (χ4n) is 1.61. The molecule has 2 aromatic heterocycles. The number of carbonyl (C=O) groups excluding carboxylic acids is 2. The van der Waals surface area contributed by atoms with E-state index in [-0.39, 0.29) is 17.6 Å². The van der Waals surface area contributed by atoms with Gasteiger partial charge in [0.15, 0.2) is 5.65 Å². The van der Waals surface area contributed by atoms with Crippen molar-refractivity contribution in [2.75, 3.05) is 6.61 Å². The van der Waals surface area contributed by atoms with Gasteiger partial charge in [-0.1, -0.05) is 11.6 Å². The van der Waals surface area contributed by atoms with E-state index in [0.717, 1.165) is 0 Å². The molecule has 0 atom stereocenters. The number of nitrogens with one attached hydrogen (secondary N) is 1. The summed E-state index contributed by atoms with van der Waals surface area (Å²) >= 11 is 5.78. The summed E-state index contributed by atoms with van der Waals surface area (Å²) in [4.78, 5) is 24.0. The second-order valence-electron chi connectivity index (χ2n) is 4.75. The number of hydrogen-bond acceptors (Lipinski definition) is 6. The maximum Gasteiger partial charge on any atom is 0.331 e. The maximum absolute atomic E-state index is 12.2. The number of nitrogens with zero attached hydrogens (tertiary/aromatic N) is 4. The molecule has 21 heavy (non-hydrogen) atoms. The molecule has 112 valence electrons. The fraction of sp³-hybridized carbons (Fsp3) is 0.417. The summed E-state index contributed by atoms with van der Waals surface area (Å²) in [6.45, 7) is 4.98. The Balaban J connectivity index is 2.27. The molecule has 9 heteroatoms. The number of aromatic nitrogens is 4. The van der Waals surface area contributed by atoms with E-state index in [9.17, 15) is 9.59 Å². The summed E-state index contributed by atoms with van der Waals surface area (Å²) in [5.74, 6) is -1.21. The van der Waals surface area contributed by atoms with Crippen molar-refractivity contribution in [3.8, 4) is 0 Å². The third-order valence-electron chi connectivity index (χ3n) is 2.65. The molecule has 1 amide bonds. The quantitative estimate of drug-likeness (QED) is 0.840. The molecule has 0 saturated carbocycles. The van der Waals surface area contributed by atoms with Crippen LogP contribution in [0.4, 0.5) is 0 Å². The molecule has 2 heterocycles. The third-order valence-corrected chi connectivity index (χ3v) is 2.85. The van der Waals surface area contributed by atoms with Crippen molar-refractivity contribution in [1.82, 2.24) is 25.1 Å². The average Bonchev–Trinajstić information content (AvgIpc) is 2.81. The minimum absolute atomic E-state index is 0.0649. The first-order valence-corrected chi connectivity index (χ1v) is 6.60. The molecule has 0 aliphatic heterocycles. The highest BCUT2D eigenvalue weighted by Gasteiger charge is 2.32. The van der Waals surface area contributed by atoms with Gasteiger partial charge >= 0.3 is 5.97 Å². The van der Waals surface area contributed by atoms with Crippen LogP contribution in [0.1, 0.15) is 31.4 Å². The molecule has 0 unspecified atom stereocenters. The maximum atomic E-state index is 12.2. The molecule has 0 spiro atoms. The van der Waals surface area contributed by atoms with E-state index in [2.05, 4.69) is 20.6 Å². The Morgan fingerprint density at radius 2 is 2.10 bits per heavy atom. The van der Waals surface area contributed by atoms with Crippen molar-refractivity contribution in [2.24, 2.45) is 0 Å². The average molecular weight is 312 g/mol. The third kappa shape index (κ3) is 3.10. The van der Waals surface area contributed by atoms with Gasteiger partial charge in [-0.05, 0) is 32.9 Å². The van der Waals surface area contributed by atoms with Crippen LogP contribution in [0, 0.1) is 0 Å². The van der Waals surface area contributed by atoms with Gasteiger partial charge in [0, 0.05) is 0 Å². The van der Waals surface area contributed by atoms with E-state index in [0.29, 0.717) is 5.65 Å². The molecule has 2 aromatic rings. The Morgan fingerprint density at radius 1 is 1.38 bits per heavy atom. The highest BCUT2D eigenvalue weighted by atomic mass is 35.5. The lowest BCUT2D eigenvalue weighted by molar-refractivity contribution is -0.149. The smallest absolute Gasteiger partial charge is 0.331 e. The number of halogens is 1. The predicted octanol–water partition coefficient (Wildman–Crippen LogP) is 0.849. The zero-order valence-corrected chi connectivity index (χ0v) is 12.5. The van der Waals surface area contributed by atoms with Gasteiger partial charge in [0.05, 0.1) is 6.61 Å². The number of hydrogen-bond donors (Lipinski definition) is 1. The van der Waals surface area contributed by atoms with Crippen LogP contribution >= 0.6 is 11.6 Å². The van der Waals surface area contributed by atoms with Crippen LogP contribution in [-0.2, 0) is 9.53 Å². The van der Waals surface area contributed by atoms with Crippen LogP contribution in [0.2, 0.25) is 5.15 Å². The first-order chi connectivity index (χ1) is 9.85. The molecular weight excluding hydrogens is 298 g/mol. The van der Waals surface area contributed by atoms with Crippen LogP contribution in [0.3, 0.4) is 0 Å². The van der Waals surface area contributed by atoms with Gasteiger partial charge in [-0.2, -0.15) is 9.61 Å². The topological polar surface area (TPSA) is 98.5 Å². The first-order valence-electron chi connectivity index (χ1n) is 6.23. The molecule has 0 aromatic carbocycles. The molecule has 8 nitrogen and oxygen atoms in total. The van der Waals surface area contributed by atoms with Crippen molar-refractivity contribution >= 4 is 29.1 Å². The van der Waals surface area contributed by atoms with E-state index < -0.39 is 17.4 Å². The number of rotatable bonds is 4. The lowest BCUT2D eigenvalue weighted by Gasteiger charge is -2.23. The number of fused-ring (bicyclic) bond motifs is 1. The Hall–Kier alpha value is -2.22. The van der Waals surface area contributed by atoms with E-state index in [1.54, 1.807) is 13.0 Å². The van der Waals surface area contributed by atoms with Crippen LogP contribution in [0.15, 0.2) is 12.1 Å². The predicted molar refractivity (Wildman–Crippen MR) is 74.0 cm³/mol. The van der Waals surface area contributed by atoms with Gasteiger partial charge in [-0.25, -0.2) is 4.79 Å². The lowest BCUT2D eigenvalue weighted by Crippen LogP contribution is -2.51. The molecule has 0 aliphatic carbocycles. The second-order valence-corrected chi connectivity index (χ2v) is 5.14. The highest BCUT2D eigenvalue weighted by molar-refractivity contribution is 6.29. The molecule has 0 fully saturated rings. The normalized spacial score (nSPS) is 11.4. The summed E-state index contributed by atoms with van der Waals surface area (Å²) < 4.78 is 6.11. The van der Waals surface area contributed by atoms with Crippen molar-refractivity contribution in [3.05, 3.63) is 23.1 Å². The van der Waals surface area contributed by atoms with Gasteiger partial charge in [-0.15, -0.1) is 10.2 Å². The van der Waals surface area contributed by atoms with Gasteiger partial charge in [0.2, 0.25) is 5.82 Å². The summed E-state index contributed by atoms with van der Waals surface area (Å²) in [7, 11) is 0. The Labute approximate surface area is 125 Å².